The number of sulfonamides is 1. The van der Waals surface area contributed by atoms with E-state index >= 15 is 0 Å². The van der Waals surface area contributed by atoms with Crippen LogP contribution in [0.25, 0.3) is 0 Å². The van der Waals surface area contributed by atoms with Gasteiger partial charge in [-0.05, 0) is 55.8 Å². The molecule has 2 aromatic rings. The first kappa shape index (κ1) is 24.3. The van der Waals surface area contributed by atoms with E-state index < -0.39 is 10.0 Å². The molecule has 1 amide bonds. The second-order valence-corrected chi connectivity index (χ2v) is 10.5. The van der Waals surface area contributed by atoms with E-state index in [2.05, 4.69) is 5.32 Å². The van der Waals surface area contributed by atoms with E-state index in [9.17, 15) is 13.2 Å². The van der Waals surface area contributed by atoms with Gasteiger partial charge in [-0.3, -0.25) is 9.69 Å². The molecule has 10 heteroatoms. The normalized spacial score (nSPS) is 16.3. The number of likely N-dealkylation sites (N-methyl/N-ethyl adjacent to an activating group) is 1. The number of hydrogen-bond acceptors (Lipinski definition) is 7. The lowest BCUT2D eigenvalue weighted by molar-refractivity contribution is -0.117. The van der Waals surface area contributed by atoms with Crippen molar-refractivity contribution in [1.82, 2.24) is 9.21 Å². The zero-order valence-electron chi connectivity index (χ0n) is 19.6. The molecule has 0 bridgehead atoms. The summed E-state index contributed by atoms with van der Waals surface area (Å²) >= 11 is 0. The molecule has 1 fully saturated rings. The molecule has 9 nitrogen and oxygen atoms in total. The number of fused-ring (bicyclic) bond motifs is 1. The first-order chi connectivity index (χ1) is 16.4. The molecule has 1 saturated heterocycles. The summed E-state index contributed by atoms with van der Waals surface area (Å²) in [4.78, 5) is 14.8. The van der Waals surface area contributed by atoms with E-state index in [0.717, 1.165) is 31.2 Å². The van der Waals surface area contributed by atoms with Crippen molar-refractivity contribution >= 4 is 21.6 Å². The van der Waals surface area contributed by atoms with Crippen molar-refractivity contribution in [3.05, 3.63) is 42.0 Å². The molecule has 184 valence electrons. The van der Waals surface area contributed by atoms with E-state index in [-0.39, 0.29) is 24.1 Å². The highest BCUT2D eigenvalue weighted by Crippen LogP contribution is 2.33. The van der Waals surface area contributed by atoms with Crippen molar-refractivity contribution < 1.29 is 27.4 Å². The van der Waals surface area contributed by atoms with E-state index in [1.54, 1.807) is 6.07 Å². The summed E-state index contributed by atoms with van der Waals surface area (Å²) in [6.07, 6.45) is 3.79. The Morgan fingerprint density at radius 2 is 1.79 bits per heavy atom. The number of rotatable bonds is 8. The third-order valence-electron chi connectivity index (χ3n) is 5.95. The lowest BCUT2D eigenvalue weighted by atomic mass is 10.2. The van der Waals surface area contributed by atoms with E-state index in [0.29, 0.717) is 42.6 Å². The van der Waals surface area contributed by atoms with Crippen LogP contribution in [-0.2, 0) is 21.4 Å². The van der Waals surface area contributed by atoms with Gasteiger partial charge in [0.05, 0.1) is 24.2 Å². The number of hydrogen-bond donors (Lipinski definition) is 1. The lowest BCUT2D eigenvalue weighted by Crippen LogP contribution is -2.32. The number of benzene rings is 2. The van der Waals surface area contributed by atoms with Gasteiger partial charge in [-0.25, -0.2) is 8.42 Å². The Morgan fingerprint density at radius 1 is 1.06 bits per heavy atom. The first-order valence-corrected chi connectivity index (χ1v) is 12.9. The highest BCUT2D eigenvalue weighted by Gasteiger charge is 2.26. The molecule has 0 spiro atoms. The number of nitrogens with one attached hydrogen (secondary N) is 1. The Kier molecular flexibility index (Phi) is 7.60. The smallest absolute Gasteiger partial charge is 0.243 e. The minimum Gasteiger partial charge on any atom is -0.495 e. The number of ether oxygens (including phenoxy) is 3. The minimum atomic E-state index is -3.64. The number of carbonyl (C=O) groups excluding carboxylic acids is 1. The molecular formula is C24H31N3O6S. The molecule has 0 radical (unpaired) electrons. The summed E-state index contributed by atoms with van der Waals surface area (Å²) in [6, 6.07) is 10.3. The van der Waals surface area contributed by atoms with Crippen LogP contribution in [0.5, 0.6) is 17.2 Å². The fraction of sp³-hybridized carbons (Fsp3) is 0.458. The van der Waals surface area contributed by atoms with Gasteiger partial charge in [0.15, 0.2) is 11.5 Å². The molecule has 2 aromatic carbocycles. The molecule has 1 N–H and O–H groups in total. The minimum absolute atomic E-state index is 0.112. The third kappa shape index (κ3) is 5.63. The zero-order chi connectivity index (χ0) is 24.1. The molecule has 2 heterocycles. The van der Waals surface area contributed by atoms with E-state index in [1.165, 1.54) is 23.5 Å². The second-order valence-electron chi connectivity index (χ2n) is 8.59. The van der Waals surface area contributed by atoms with Crippen molar-refractivity contribution in [2.24, 2.45) is 0 Å². The maximum absolute atomic E-state index is 13.2. The predicted octanol–water partition coefficient (Wildman–Crippen LogP) is 3.06. The summed E-state index contributed by atoms with van der Waals surface area (Å²) in [5.74, 6) is 1.54. The Bertz CT molecular complexity index is 1130. The van der Waals surface area contributed by atoms with Gasteiger partial charge in [0.1, 0.15) is 5.75 Å². The van der Waals surface area contributed by atoms with E-state index in [1.807, 2.05) is 30.1 Å². The van der Waals surface area contributed by atoms with Gasteiger partial charge in [0.2, 0.25) is 22.7 Å². The standard InChI is InChI=1S/C24H31N3O6S/c1-26(15-18-7-9-22-23(13-18)33-17-32-22)16-24(28)25-20-14-19(8-10-21(20)31-2)34(29,30)27-11-5-3-4-6-12-27/h7-10,13-14H,3-6,11-12,15-17H2,1-2H3,(H,25,28). The van der Waals surface area contributed by atoms with Crippen LogP contribution >= 0.6 is 0 Å². The monoisotopic (exact) mass is 489 g/mol. The van der Waals surface area contributed by atoms with Crippen molar-refractivity contribution in [1.29, 1.82) is 0 Å². The molecule has 0 saturated carbocycles. The number of methoxy groups -OCH3 is 1. The fourth-order valence-corrected chi connectivity index (χ4v) is 5.76. The van der Waals surface area contributed by atoms with Crippen LogP contribution in [0.2, 0.25) is 0 Å². The number of amides is 1. The largest absolute Gasteiger partial charge is 0.495 e. The molecule has 2 aliphatic rings. The summed E-state index contributed by atoms with van der Waals surface area (Å²) in [7, 11) is -0.323. The second kappa shape index (κ2) is 10.6. The Balaban J connectivity index is 1.43. The van der Waals surface area contributed by atoms with Crippen LogP contribution in [0.15, 0.2) is 41.3 Å². The van der Waals surface area contributed by atoms with Gasteiger partial charge >= 0.3 is 0 Å². The van der Waals surface area contributed by atoms with Crippen LogP contribution in [0.3, 0.4) is 0 Å². The van der Waals surface area contributed by atoms with Crippen molar-refractivity contribution in [2.75, 3.05) is 45.9 Å². The van der Waals surface area contributed by atoms with Gasteiger partial charge in [-0.15, -0.1) is 0 Å². The summed E-state index contributed by atoms with van der Waals surface area (Å²) < 4.78 is 44.0. The Morgan fingerprint density at radius 3 is 2.53 bits per heavy atom. The van der Waals surface area contributed by atoms with Crippen molar-refractivity contribution in [3.8, 4) is 17.2 Å². The molecule has 4 rings (SSSR count). The van der Waals surface area contributed by atoms with Gasteiger partial charge in [0, 0.05) is 19.6 Å². The summed E-state index contributed by atoms with van der Waals surface area (Å²) in [5.41, 5.74) is 1.32. The Labute approximate surface area is 200 Å². The number of carbonyl (C=O) groups is 1. The van der Waals surface area contributed by atoms with Crippen LogP contribution < -0.4 is 19.5 Å². The average Bonchev–Trinajstić information content (AvgIpc) is 3.09. The number of nitrogens with zero attached hydrogens (tertiary/aromatic N) is 2. The molecule has 2 aliphatic heterocycles. The first-order valence-electron chi connectivity index (χ1n) is 11.4. The van der Waals surface area contributed by atoms with Crippen molar-refractivity contribution in [2.45, 2.75) is 37.1 Å². The van der Waals surface area contributed by atoms with Gasteiger partial charge in [-0.1, -0.05) is 18.9 Å². The van der Waals surface area contributed by atoms with Crippen LogP contribution in [0.4, 0.5) is 5.69 Å². The summed E-state index contributed by atoms with van der Waals surface area (Å²) in [6.45, 7) is 1.89. The van der Waals surface area contributed by atoms with Gasteiger partial charge in [0.25, 0.3) is 0 Å². The third-order valence-corrected chi connectivity index (χ3v) is 7.85. The van der Waals surface area contributed by atoms with Crippen LogP contribution in [0, 0.1) is 0 Å². The maximum atomic E-state index is 13.2. The molecule has 0 aliphatic carbocycles. The summed E-state index contributed by atoms with van der Waals surface area (Å²) in [5, 5.41) is 2.81. The maximum Gasteiger partial charge on any atom is 0.243 e. The average molecular weight is 490 g/mol. The zero-order valence-corrected chi connectivity index (χ0v) is 20.4. The lowest BCUT2D eigenvalue weighted by Gasteiger charge is -2.21. The quantitative estimate of drug-likeness (QED) is 0.609. The number of anilines is 1. The van der Waals surface area contributed by atoms with Gasteiger partial charge in [-0.2, -0.15) is 4.31 Å². The molecule has 0 unspecified atom stereocenters. The molecule has 0 atom stereocenters. The fourth-order valence-electron chi connectivity index (χ4n) is 4.22. The molecule has 34 heavy (non-hydrogen) atoms. The molecule has 0 aromatic heterocycles. The Hall–Kier alpha value is -2.82. The topological polar surface area (TPSA) is 97.4 Å². The van der Waals surface area contributed by atoms with Crippen molar-refractivity contribution in [3.63, 3.8) is 0 Å². The highest BCUT2D eigenvalue weighted by molar-refractivity contribution is 7.89. The van der Waals surface area contributed by atoms with Crippen LogP contribution in [-0.4, -0.2) is 64.1 Å². The van der Waals surface area contributed by atoms with Gasteiger partial charge < -0.3 is 19.5 Å². The predicted molar refractivity (Wildman–Crippen MR) is 128 cm³/mol. The van der Waals surface area contributed by atoms with Crippen LogP contribution in [0.1, 0.15) is 31.2 Å². The van der Waals surface area contributed by atoms with E-state index in [4.69, 9.17) is 14.2 Å². The molecular weight excluding hydrogens is 458 g/mol. The SMILES string of the molecule is COc1ccc(S(=O)(=O)N2CCCCCC2)cc1NC(=O)CN(C)Cc1ccc2c(c1)OCO2. The highest BCUT2D eigenvalue weighted by atomic mass is 32.2.